The number of hydrogen-bond donors (Lipinski definition) is 1. The normalized spacial score (nSPS) is 11.0. The lowest BCUT2D eigenvalue weighted by atomic mass is 10.2. The van der Waals surface area contributed by atoms with Crippen LogP contribution in [0.4, 0.5) is 0 Å². The first-order valence-electron chi connectivity index (χ1n) is 7.10. The van der Waals surface area contributed by atoms with Gasteiger partial charge < -0.3 is 10.3 Å². The number of rotatable bonds is 6. The summed E-state index contributed by atoms with van der Waals surface area (Å²) in [5.41, 5.74) is 6.60. The smallest absolute Gasteiger partial charge is 0.261 e. The van der Waals surface area contributed by atoms with Crippen molar-refractivity contribution in [3.63, 3.8) is 0 Å². The average molecular weight is 304 g/mol. The molecule has 2 heterocycles. The molecule has 0 amide bonds. The number of thiocarbonyl (C=S) groups is 1. The van der Waals surface area contributed by atoms with Crippen molar-refractivity contribution in [2.24, 2.45) is 5.73 Å². The van der Waals surface area contributed by atoms with E-state index in [1.165, 1.54) is 0 Å². The molecule has 0 radical (unpaired) electrons. The van der Waals surface area contributed by atoms with Crippen LogP contribution in [0.1, 0.15) is 44.0 Å². The van der Waals surface area contributed by atoms with Crippen LogP contribution >= 0.6 is 12.2 Å². The Morgan fingerprint density at radius 1 is 1.33 bits per heavy atom. The first-order valence-corrected chi connectivity index (χ1v) is 7.50. The van der Waals surface area contributed by atoms with E-state index in [4.69, 9.17) is 18.0 Å². The molecule has 0 saturated heterocycles. The predicted molar refractivity (Wildman–Crippen MR) is 87.5 cm³/mol. The van der Waals surface area contributed by atoms with Crippen LogP contribution < -0.4 is 11.3 Å². The fourth-order valence-electron chi connectivity index (χ4n) is 2.35. The van der Waals surface area contributed by atoms with Crippen LogP contribution in [0.3, 0.4) is 0 Å². The zero-order chi connectivity index (χ0) is 15.4. The molecule has 0 atom stereocenters. The van der Waals surface area contributed by atoms with Gasteiger partial charge in [0.1, 0.15) is 4.99 Å². The number of pyridine rings is 1. The number of nitrogens with zero attached hydrogens (tertiary/aromatic N) is 3. The molecular formula is C15H20N4OS. The van der Waals surface area contributed by atoms with Crippen LogP contribution in [0.5, 0.6) is 0 Å². The van der Waals surface area contributed by atoms with Crippen LogP contribution in [-0.2, 0) is 6.54 Å². The van der Waals surface area contributed by atoms with Crippen molar-refractivity contribution in [2.75, 3.05) is 0 Å². The molecule has 0 aliphatic heterocycles. The molecule has 0 unspecified atom stereocenters. The average Bonchev–Trinajstić information content (AvgIpc) is 2.91. The number of hydrogen-bond acceptors (Lipinski definition) is 3. The minimum Gasteiger partial charge on any atom is -0.389 e. The second kappa shape index (κ2) is 6.67. The summed E-state index contributed by atoms with van der Waals surface area (Å²) in [6.45, 7) is 4.71. The molecule has 21 heavy (non-hydrogen) atoms. The summed E-state index contributed by atoms with van der Waals surface area (Å²) in [7, 11) is 0. The van der Waals surface area contributed by atoms with Crippen molar-refractivity contribution in [3.05, 3.63) is 52.2 Å². The van der Waals surface area contributed by atoms with E-state index in [2.05, 4.69) is 18.9 Å². The Kier molecular flexibility index (Phi) is 4.90. The molecule has 2 aromatic rings. The molecule has 6 heteroatoms. The molecule has 0 spiro atoms. The van der Waals surface area contributed by atoms with Crippen molar-refractivity contribution in [2.45, 2.75) is 39.3 Å². The quantitative estimate of drug-likeness (QED) is 0.830. The Morgan fingerprint density at radius 3 is 2.67 bits per heavy atom. The van der Waals surface area contributed by atoms with Gasteiger partial charge in [-0.05, 0) is 31.0 Å². The Bertz CT molecular complexity index is 685. The maximum Gasteiger partial charge on any atom is 0.261 e. The van der Waals surface area contributed by atoms with Gasteiger partial charge in [-0.15, -0.1) is 0 Å². The van der Waals surface area contributed by atoms with Gasteiger partial charge in [-0.1, -0.05) is 26.1 Å². The highest BCUT2D eigenvalue weighted by atomic mass is 32.1. The standard InChI is InChI=1S/C15H20N4OS/c1-3-12(4-2)19-9-7-11(17-19)10-18-8-5-6-13(14(16)21)15(18)20/h5-9,12H,3-4,10H2,1-2H3,(H2,16,21). The third-order valence-electron chi connectivity index (χ3n) is 3.60. The van der Waals surface area contributed by atoms with E-state index in [1.807, 2.05) is 16.9 Å². The van der Waals surface area contributed by atoms with Crippen LogP contribution in [0.2, 0.25) is 0 Å². The second-order valence-corrected chi connectivity index (χ2v) is 5.42. The van der Waals surface area contributed by atoms with Crippen molar-refractivity contribution < 1.29 is 0 Å². The van der Waals surface area contributed by atoms with Crippen molar-refractivity contribution >= 4 is 17.2 Å². The molecule has 0 bridgehead atoms. The zero-order valence-corrected chi connectivity index (χ0v) is 13.1. The zero-order valence-electron chi connectivity index (χ0n) is 12.3. The van der Waals surface area contributed by atoms with Gasteiger partial charge in [-0.2, -0.15) is 5.10 Å². The largest absolute Gasteiger partial charge is 0.389 e. The molecule has 0 fully saturated rings. The minimum atomic E-state index is -0.179. The summed E-state index contributed by atoms with van der Waals surface area (Å²) in [6, 6.07) is 5.76. The van der Waals surface area contributed by atoms with Crippen molar-refractivity contribution in [3.8, 4) is 0 Å². The van der Waals surface area contributed by atoms with E-state index in [-0.39, 0.29) is 10.5 Å². The van der Waals surface area contributed by atoms with Gasteiger partial charge in [0, 0.05) is 12.4 Å². The predicted octanol–water partition coefficient (Wildman–Crippen LogP) is 2.09. The van der Waals surface area contributed by atoms with E-state index in [0.717, 1.165) is 18.5 Å². The first kappa shape index (κ1) is 15.4. The molecule has 2 rings (SSSR count). The van der Waals surface area contributed by atoms with E-state index < -0.39 is 0 Å². The van der Waals surface area contributed by atoms with Gasteiger partial charge in [0.05, 0.1) is 23.8 Å². The van der Waals surface area contributed by atoms with Gasteiger partial charge >= 0.3 is 0 Å². The minimum absolute atomic E-state index is 0.122. The van der Waals surface area contributed by atoms with E-state index >= 15 is 0 Å². The highest BCUT2D eigenvalue weighted by Crippen LogP contribution is 2.14. The van der Waals surface area contributed by atoms with Crippen LogP contribution in [0, 0.1) is 0 Å². The molecule has 0 aliphatic rings. The lowest BCUT2D eigenvalue weighted by Gasteiger charge is -2.12. The molecular weight excluding hydrogens is 284 g/mol. The lowest BCUT2D eigenvalue weighted by Crippen LogP contribution is -2.28. The van der Waals surface area contributed by atoms with Gasteiger partial charge in [0.15, 0.2) is 0 Å². The van der Waals surface area contributed by atoms with E-state index in [1.54, 1.807) is 22.9 Å². The van der Waals surface area contributed by atoms with Crippen LogP contribution in [0.15, 0.2) is 35.4 Å². The summed E-state index contributed by atoms with van der Waals surface area (Å²) in [6.07, 6.45) is 5.76. The monoisotopic (exact) mass is 304 g/mol. The Labute approximate surface area is 129 Å². The van der Waals surface area contributed by atoms with Crippen LogP contribution in [0.25, 0.3) is 0 Å². The van der Waals surface area contributed by atoms with Gasteiger partial charge in [-0.3, -0.25) is 9.48 Å². The highest BCUT2D eigenvalue weighted by Gasteiger charge is 2.10. The van der Waals surface area contributed by atoms with Crippen molar-refractivity contribution in [1.82, 2.24) is 14.3 Å². The molecule has 5 nitrogen and oxygen atoms in total. The summed E-state index contributed by atoms with van der Waals surface area (Å²) in [5.74, 6) is 0. The van der Waals surface area contributed by atoms with Gasteiger partial charge in [0.25, 0.3) is 5.56 Å². The Hall–Kier alpha value is -1.95. The summed E-state index contributed by atoms with van der Waals surface area (Å²) >= 11 is 4.89. The summed E-state index contributed by atoms with van der Waals surface area (Å²) in [5, 5.41) is 4.56. The third-order valence-corrected chi connectivity index (χ3v) is 3.82. The van der Waals surface area contributed by atoms with E-state index in [0.29, 0.717) is 18.2 Å². The molecule has 0 saturated carbocycles. The van der Waals surface area contributed by atoms with Gasteiger partial charge in [0.2, 0.25) is 0 Å². The topological polar surface area (TPSA) is 65.8 Å². The maximum atomic E-state index is 12.2. The third kappa shape index (κ3) is 3.39. The SMILES string of the molecule is CCC(CC)n1ccc(Cn2cccc(C(N)=S)c2=O)n1. The van der Waals surface area contributed by atoms with Crippen LogP contribution in [-0.4, -0.2) is 19.3 Å². The highest BCUT2D eigenvalue weighted by molar-refractivity contribution is 7.80. The molecule has 0 aromatic carbocycles. The maximum absolute atomic E-state index is 12.2. The lowest BCUT2D eigenvalue weighted by molar-refractivity contribution is 0.424. The Balaban J connectivity index is 2.25. The molecule has 2 aromatic heterocycles. The fourth-order valence-corrected chi connectivity index (χ4v) is 2.51. The number of aromatic nitrogens is 3. The van der Waals surface area contributed by atoms with Crippen molar-refractivity contribution in [1.29, 1.82) is 0 Å². The number of nitrogens with two attached hydrogens (primary N) is 1. The van der Waals surface area contributed by atoms with E-state index in [9.17, 15) is 4.79 Å². The van der Waals surface area contributed by atoms with Gasteiger partial charge in [-0.25, -0.2) is 0 Å². The Morgan fingerprint density at radius 2 is 2.05 bits per heavy atom. The molecule has 0 aliphatic carbocycles. The summed E-state index contributed by atoms with van der Waals surface area (Å²) in [4.78, 5) is 12.4. The fraction of sp³-hybridized carbons (Fsp3) is 0.400. The molecule has 112 valence electrons. The first-order chi connectivity index (χ1) is 10.1. The molecule has 2 N–H and O–H groups in total. The second-order valence-electron chi connectivity index (χ2n) is 4.98. The summed E-state index contributed by atoms with van der Waals surface area (Å²) < 4.78 is 3.55.